The van der Waals surface area contributed by atoms with Crippen LogP contribution in [0.5, 0.6) is 0 Å². The molecule has 0 saturated carbocycles. The van der Waals surface area contributed by atoms with Gasteiger partial charge in [0.2, 0.25) is 5.91 Å². The average molecular weight is 375 g/mol. The van der Waals surface area contributed by atoms with E-state index in [1.54, 1.807) is 46.2 Å². The monoisotopic (exact) mass is 374 g/mol. The van der Waals surface area contributed by atoms with Crippen LogP contribution >= 0.6 is 11.6 Å². The van der Waals surface area contributed by atoms with Crippen molar-refractivity contribution >= 4 is 23.4 Å². The van der Waals surface area contributed by atoms with Gasteiger partial charge >= 0.3 is 0 Å². The predicted molar refractivity (Wildman–Crippen MR) is 98.7 cm³/mol. The first-order chi connectivity index (χ1) is 12.5. The number of hydrogen-bond acceptors (Lipinski definition) is 2. The molecule has 6 heteroatoms. The molecule has 0 aliphatic carbocycles. The number of rotatable bonds is 3. The number of nitrogens with zero attached hydrogens (tertiary/aromatic N) is 2. The molecule has 2 aromatic rings. The Morgan fingerprint density at radius 2 is 1.65 bits per heavy atom. The van der Waals surface area contributed by atoms with Gasteiger partial charge in [0.1, 0.15) is 5.82 Å². The summed E-state index contributed by atoms with van der Waals surface area (Å²) in [4.78, 5) is 28.7. The lowest BCUT2D eigenvalue weighted by Gasteiger charge is -2.22. The van der Waals surface area contributed by atoms with E-state index < -0.39 is 0 Å². The maximum atomic E-state index is 13.0. The molecule has 0 N–H and O–H groups in total. The van der Waals surface area contributed by atoms with Gasteiger partial charge < -0.3 is 9.80 Å². The van der Waals surface area contributed by atoms with Crippen LogP contribution in [0, 0.1) is 5.82 Å². The summed E-state index contributed by atoms with van der Waals surface area (Å²) in [5.74, 6) is -0.389. The third-order valence-corrected chi connectivity index (χ3v) is 4.71. The van der Waals surface area contributed by atoms with Crippen LogP contribution in [-0.2, 0) is 11.2 Å². The Labute approximate surface area is 157 Å². The van der Waals surface area contributed by atoms with E-state index in [0.717, 1.165) is 12.0 Å². The van der Waals surface area contributed by atoms with E-state index in [4.69, 9.17) is 11.6 Å². The van der Waals surface area contributed by atoms with Crippen molar-refractivity contribution in [3.63, 3.8) is 0 Å². The van der Waals surface area contributed by atoms with Crippen LogP contribution in [0.15, 0.2) is 48.5 Å². The van der Waals surface area contributed by atoms with E-state index in [2.05, 4.69) is 0 Å². The maximum Gasteiger partial charge on any atom is 0.253 e. The molecule has 1 heterocycles. The molecule has 1 aliphatic heterocycles. The summed E-state index contributed by atoms with van der Waals surface area (Å²) in [6.07, 6.45) is 0.962. The third-order valence-electron chi connectivity index (χ3n) is 4.48. The molecule has 2 amide bonds. The van der Waals surface area contributed by atoms with Gasteiger partial charge in [0.25, 0.3) is 5.91 Å². The fraction of sp³-hybridized carbons (Fsp3) is 0.300. The van der Waals surface area contributed by atoms with Crippen molar-refractivity contribution in [3.8, 4) is 0 Å². The maximum absolute atomic E-state index is 13.0. The molecule has 1 saturated heterocycles. The van der Waals surface area contributed by atoms with Gasteiger partial charge in [-0.25, -0.2) is 4.39 Å². The van der Waals surface area contributed by atoms with E-state index in [0.29, 0.717) is 36.8 Å². The summed E-state index contributed by atoms with van der Waals surface area (Å²) in [5.41, 5.74) is 1.34. The summed E-state index contributed by atoms with van der Waals surface area (Å²) in [6, 6.07) is 12.9. The van der Waals surface area contributed by atoms with E-state index in [9.17, 15) is 14.0 Å². The van der Waals surface area contributed by atoms with Gasteiger partial charge in [0.05, 0.1) is 6.42 Å². The Morgan fingerprint density at radius 1 is 0.962 bits per heavy atom. The zero-order chi connectivity index (χ0) is 18.5. The first-order valence-corrected chi connectivity index (χ1v) is 8.98. The highest BCUT2D eigenvalue weighted by molar-refractivity contribution is 6.30. The van der Waals surface area contributed by atoms with Crippen LogP contribution in [0.4, 0.5) is 4.39 Å². The lowest BCUT2D eigenvalue weighted by molar-refractivity contribution is -0.130. The van der Waals surface area contributed by atoms with Crippen LogP contribution in [0.25, 0.3) is 0 Å². The molecule has 136 valence electrons. The van der Waals surface area contributed by atoms with Crippen LogP contribution in [-0.4, -0.2) is 47.8 Å². The molecular formula is C20H20ClFN2O2. The van der Waals surface area contributed by atoms with E-state index in [1.165, 1.54) is 12.1 Å². The highest BCUT2D eigenvalue weighted by Crippen LogP contribution is 2.15. The Balaban J connectivity index is 1.59. The van der Waals surface area contributed by atoms with Crippen molar-refractivity contribution in [3.05, 3.63) is 70.5 Å². The largest absolute Gasteiger partial charge is 0.341 e. The first kappa shape index (κ1) is 18.4. The number of hydrogen-bond donors (Lipinski definition) is 0. The third kappa shape index (κ3) is 4.61. The lowest BCUT2D eigenvalue weighted by atomic mass is 10.1. The summed E-state index contributed by atoms with van der Waals surface area (Å²) in [7, 11) is 0. The highest BCUT2D eigenvalue weighted by atomic mass is 35.5. The van der Waals surface area contributed by atoms with Crippen LogP contribution < -0.4 is 0 Å². The quantitative estimate of drug-likeness (QED) is 0.826. The van der Waals surface area contributed by atoms with Gasteiger partial charge in [-0.3, -0.25) is 9.59 Å². The van der Waals surface area contributed by atoms with Crippen molar-refractivity contribution in [2.75, 3.05) is 26.2 Å². The number of carbonyl (C=O) groups excluding carboxylic acids is 2. The van der Waals surface area contributed by atoms with Crippen LogP contribution in [0.2, 0.25) is 5.02 Å². The number of carbonyl (C=O) groups is 2. The van der Waals surface area contributed by atoms with Gasteiger partial charge in [0, 0.05) is 36.8 Å². The minimum absolute atomic E-state index is 0.00587. The minimum atomic E-state index is -0.314. The Kier molecular flexibility index (Phi) is 5.89. The van der Waals surface area contributed by atoms with Crippen LogP contribution in [0.3, 0.4) is 0 Å². The van der Waals surface area contributed by atoms with E-state index in [-0.39, 0.29) is 24.1 Å². The van der Waals surface area contributed by atoms with Crippen molar-refractivity contribution in [2.45, 2.75) is 12.8 Å². The summed E-state index contributed by atoms with van der Waals surface area (Å²) in [5, 5.41) is 0.529. The zero-order valence-corrected chi connectivity index (χ0v) is 15.1. The molecule has 26 heavy (non-hydrogen) atoms. The zero-order valence-electron chi connectivity index (χ0n) is 14.3. The Morgan fingerprint density at radius 3 is 2.38 bits per heavy atom. The molecule has 1 aliphatic rings. The van der Waals surface area contributed by atoms with Crippen molar-refractivity contribution < 1.29 is 14.0 Å². The smallest absolute Gasteiger partial charge is 0.253 e. The number of benzene rings is 2. The number of halogens is 2. The highest BCUT2D eigenvalue weighted by Gasteiger charge is 2.23. The predicted octanol–water partition coefficient (Wildman–Crippen LogP) is 3.40. The second-order valence-electron chi connectivity index (χ2n) is 6.34. The van der Waals surface area contributed by atoms with Crippen molar-refractivity contribution in [1.29, 1.82) is 0 Å². The van der Waals surface area contributed by atoms with Gasteiger partial charge in [-0.05, 0) is 42.3 Å². The van der Waals surface area contributed by atoms with Gasteiger partial charge in [-0.1, -0.05) is 29.8 Å². The molecule has 0 unspecified atom stereocenters. The first-order valence-electron chi connectivity index (χ1n) is 8.60. The minimum Gasteiger partial charge on any atom is -0.341 e. The van der Waals surface area contributed by atoms with Crippen molar-refractivity contribution in [1.82, 2.24) is 9.80 Å². The van der Waals surface area contributed by atoms with Crippen LogP contribution in [0.1, 0.15) is 22.3 Å². The SMILES string of the molecule is O=C(Cc1ccc(F)cc1)N1CCCN(C(=O)c2cccc(Cl)c2)CC1. The molecule has 0 bridgehead atoms. The topological polar surface area (TPSA) is 40.6 Å². The average Bonchev–Trinajstić information content (AvgIpc) is 2.89. The van der Waals surface area contributed by atoms with Gasteiger partial charge in [-0.15, -0.1) is 0 Å². The second kappa shape index (κ2) is 8.32. The molecule has 1 fully saturated rings. The van der Waals surface area contributed by atoms with Gasteiger partial charge in [-0.2, -0.15) is 0 Å². The fourth-order valence-electron chi connectivity index (χ4n) is 3.06. The number of amides is 2. The van der Waals surface area contributed by atoms with E-state index in [1.807, 2.05) is 0 Å². The Hall–Kier alpha value is -2.40. The summed E-state index contributed by atoms with van der Waals surface area (Å²) >= 11 is 5.96. The summed E-state index contributed by atoms with van der Waals surface area (Å²) in [6.45, 7) is 2.19. The fourth-order valence-corrected chi connectivity index (χ4v) is 3.25. The van der Waals surface area contributed by atoms with Gasteiger partial charge in [0.15, 0.2) is 0 Å². The summed E-state index contributed by atoms with van der Waals surface area (Å²) < 4.78 is 13.0. The molecule has 0 radical (unpaired) electrons. The lowest BCUT2D eigenvalue weighted by Crippen LogP contribution is -2.38. The second-order valence-corrected chi connectivity index (χ2v) is 6.78. The molecule has 4 nitrogen and oxygen atoms in total. The molecule has 2 aromatic carbocycles. The van der Waals surface area contributed by atoms with Crippen molar-refractivity contribution in [2.24, 2.45) is 0 Å². The molecule has 0 aromatic heterocycles. The molecule has 0 spiro atoms. The van der Waals surface area contributed by atoms with E-state index >= 15 is 0 Å². The normalized spacial score (nSPS) is 14.8. The molecule has 3 rings (SSSR count). The molecular weight excluding hydrogens is 355 g/mol. The standard InChI is InChI=1S/C20H20ClFN2O2/c21-17-4-1-3-16(14-17)20(26)24-10-2-9-23(11-12-24)19(25)13-15-5-7-18(22)8-6-15/h1,3-8,14H,2,9-13H2. The molecule has 0 atom stereocenters. The Bertz CT molecular complexity index is 795.